The molecule has 124 valence electrons. The van der Waals surface area contributed by atoms with Gasteiger partial charge in [-0.05, 0) is 39.8 Å². The number of hydrogen-bond donors (Lipinski definition) is 1. The first-order chi connectivity index (χ1) is 10.7. The highest BCUT2D eigenvalue weighted by atomic mass is 16.6. The fourth-order valence-electron chi connectivity index (χ4n) is 1.68. The minimum Gasteiger partial charge on any atom is -0.467 e. The molecule has 0 aliphatic rings. The number of alkyl carbamates (subject to hydrolysis) is 1. The van der Waals surface area contributed by atoms with Crippen molar-refractivity contribution in [2.45, 2.75) is 45.8 Å². The number of carbonyl (C=O) groups is 2. The Kier molecular flexibility index (Phi) is 6.65. The molecular formula is C18H23NO4. The lowest BCUT2D eigenvalue weighted by molar-refractivity contribution is -0.143. The first-order valence-electron chi connectivity index (χ1n) is 7.34. The van der Waals surface area contributed by atoms with E-state index in [-0.39, 0.29) is 6.42 Å². The molecule has 0 aliphatic carbocycles. The molecule has 0 aliphatic heterocycles. The van der Waals surface area contributed by atoms with Gasteiger partial charge in [0, 0.05) is 12.0 Å². The van der Waals surface area contributed by atoms with Crippen LogP contribution in [0.3, 0.4) is 0 Å². The SMILES string of the molecule is COC(=O)[C@H](CC#Cc1ccc(C)cc1)NC(=O)OC(C)(C)C. The Hall–Kier alpha value is -2.48. The summed E-state index contributed by atoms with van der Waals surface area (Å²) < 4.78 is 9.82. The van der Waals surface area contributed by atoms with E-state index in [4.69, 9.17) is 4.74 Å². The van der Waals surface area contributed by atoms with Crippen LogP contribution >= 0.6 is 0 Å². The molecule has 5 nitrogen and oxygen atoms in total. The van der Waals surface area contributed by atoms with Gasteiger partial charge in [0.05, 0.1) is 7.11 Å². The minimum absolute atomic E-state index is 0.139. The zero-order valence-corrected chi connectivity index (χ0v) is 14.2. The molecule has 1 aromatic carbocycles. The number of carbonyl (C=O) groups excluding carboxylic acids is 2. The summed E-state index contributed by atoms with van der Waals surface area (Å²) >= 11 is 0. The minimum atomic E-state index is -0.868. The molecule has 1 aromatic rings. The monoisotopic (exact) mass is 317 g/mol. The van der Waals surface area contributed by atoms with Gasteiger partial charge in [0.2, 0.25) is 0 Å². The van der Waals surface area contributed by atoms with E-state index in [1.54, 1.807) is 20.8 Å². The number of esters is 1. The summed E-state index contributed by atoms with van der Waals surface area (Å²) in [5.74, 6) is 5.28. The zero-order valence-electron chi connectivity index (χ0n) is 14.2. The van der Waals surface area contributed by atoms with Crippen molar-refractivity contribution in [2.24, 2.45) is 0 Å². The average Bonchev–Trinajstić information content (AvgIpc) is 2.45. The van der Waals surface area contributed by atoms with Crippen LogP contribution in [0.1, 0.15) is 38.3 Å². The number of amides is 1. The van der Waals surface area contributed by atoms with E-state index in [0.717, 1.165) is 11.1 Å². The molecule has 0 bridgehead atoms. The summed E-state index contributed by atoms with van der Waals surface area (Å²) in [7, 11) is 1.26. The Morgan fingerprint density at radius 3 is 2.35 bits per heavy atom. The van der Waals surface area contributed by atoms with Crippen molar-refractivity contribution in [2.75, 3.05) is 7.11 Å². The first kappa shape index (κ1) is 18.6. The third kappa shape index (κ3) is 7.37. The van der Waals surface area contributed by atoms with Crippen LogP contribution in [0.15, 0.2) is 24.3 Å². The summed E-state index contributed by atoms with van der Waals surface area (Å²) in [6, 6.07) is 6.85. The van der Waals surface area contributed by atoms with Crippen molar-refractivity contribution in [1.82, 2.24) is 5.32 Å². The van der Waals surface area contributed by atoms with Gasteiger partial charge >= 0.3 is 12.1 Å². The van der Waals surface area contributed by atoms with Gasteiger partial charge in [0.1, 0.15) is 11.6 Å². The van der Waals surface area contributed by atoms with Crippen molar-refractivity contribution < 1.29 is 19.1 Å². The molecular weight excluding hydrogens is 294 g/mol. The van der Waals surface area contributed by atoms with Gasteiger partial charge in [0.25, 0.3) is 0 Å². The maximum atomic E-state index is 11.8. The highest BCUT2D eigenvalue weighted by molar-refractivity contribution is 5.81. The van der Waals surface area contributed by atoms with Crippen LogP contribution in [0.2, 0.25) is 0 Å². The van der Waals surface area contributed by atoms with Gasteiger partial charge in [-0.1, -0.05) is 29.5 Å². The molecule has 1 amide bonds. The van der Waals surface area contributed by atoms with Crippen LogP contribution in [-0.2, 0) is 14.3 Å². The van der Waals surface area contributed by atoms with Gasteiger partial charge in [0.15, 0.2) is 0 Å². The number of hydrogen-bond acceptors (Lipinski definition) is 4. The third-order valence-corrected chi connectivity index (χ3v) is 2.77. The van der Waals surface area contributed by atoms with Gasteiger partial charge in [-0.3, -0.25) is 0 Å². The van der Waals surface area contributed by atoms with E-state index < -0.39 is 23.7 Å². The molecule has 0 aromatic heterocycles. The fraction of sp³-hybridized carbons (Fsp3) is 0.444. The molecule has 0 fully saturated rings. The molecule has 1 N–H and O–H groups in total. The molecule has 23 heavy (non-hydrogen) atoms. The van der Waals surface area contributed by atoms with Crippen molar-refractivity contribution in [3.63, 3.8) is 0 Å². The molecule has 0 radical (unpaired) electrons. The maximum Gasteiger partial charge on any atom is 0.408 e. The Bertz CT molecular complexity index is 603. The normalized spacial score (nSPS) is 11.7. The van der Waals surface area contributed by atoms with Crippen molar-refractivity contribution >= 4 is 12.1 Å². The van der Waals surface area contributed by atoms with Crippen LogP contribution in [0.4, 0.5) is 4.79 Å². The van der Waals surface area contributed by atoms with Crippen LogP contribution in [0.5, 0.6) is 0 Å². The largest absolute Gasteiger partial charge is 0.467 e. The number of benzene rings is 1. The van der Waals surface area contributed by atoms with Crippen LogP contribution in [0.25, 0.3) is 0 Å². The molecule has 5 heteroatoms. The topological polar surface area (TPSA) is 64.6 Å². The van der Waals surface area contributed by atoms with Crippen molar-refractivity contribution in [3.05, 3.63) is 35.4 Å². The Labute approximate surface area is 137 Å². The maximum absolute atomic E-state index is 11.8. The van der Waals surface area contributed by atoms with E-state index in [1.165, 1.54) is 7.11 Å². The summed E-state index contributed by atoms with van der Waals surface area (Å²) in [6.45, 7) is 7.24. The lowest BCUT2D eigenvalue weighted by atomic mass is 10.1. The van der Waals surface area contributed by atoms with E-state index in [9.17, 15) is 9.59 Å². The lowest BCUT2D eigenvalue weighted by Gasteiger charge is -2.21. The second-order valence-corrected chi connectivity index (χ2v) is 6.09. The first-order valence-corrected chi connectivity index (χ1v) is 7.34. The predicted octanol–water partition coefficient (Wildman–Crippen LogP) is 2.80. The Morgan fingerprint density at radius 1 is 1.22 bits per heavy atom. The van der Waals surface area contributed by atoms with Gasteiger partial charge in [-0.2, -0.15) is 0 Å². The van der Waals surface area contributed by atoms with Crippen LogP contribution in [-0.4, -0.2) is 30.8 Å². The smallest absolute Gasteiger partial charge is 0.408 e. The summed E-state index contributed by atoms with van der Waals surface area (Å²) in [5, 5.41) is 2.48. The number of rotatable bonds is 3. The highest BCUT2D eigenvalue weighted by Gasteiger charge is 2.24. The summed E-state index contributed by atoms with van der Waals surface area (Å²) in [4.78, 5) is 23.5. The van der Waals surface area contributed by atoms with Crippen molar-refractivity contribution in [3.8, 4) is 11.8 Å². The fourth-order valence-corrected chi connectivity index (χ4v) is 1.68. The van der Waals surface area contributed by atoms with Gasteiger partial charge < -0.3 is 14.8 Å². The molecule has 1 atom stereocenters. The van der Waals surface area contributed by atoms with Crippen LogP contribution < -0.4 is 5.32 Å². The van der Waals surface area contributed by atoms with E-state index in [0.29, 0.717) is 0 Å². The van der Waals surface area contributed by atoms with E-state index in [1.807, 2.05) is 31.2 Å². The summed E-state index contributed by atoms with van der Waals surface area (Å²) in [5.41, 5.74) is 1.35. The van der Waals surface area contributed by atoms with Gasteiger partial charge in [-0.15, -0.1) is 0 Å². The standard InChI is InChI=1S/C18H23NO4/c1-13-9-11-14(12-10-13)7-6-8-15(16(20)22-5)19-17(21)23-18(2,3)4/h9-12,15H,8H2,1-5H3,(H,19,21)/t15-/m0/s1. The number of methoxy groups -OCH3 is 1. The summed E-state index contributed by atoms with van der Waals surface area (Å²) in [6.07, 6.45) is -0.537. The number of aryl methyl sites for hydroxylation is 1. The van der Waals surface area contributed by atoms with Gasteiger partial charge in [-0.25, -0.2) is 9.59 Å². The highest BCUT2D eigenvalue weighted by Crippen LogP contribution is 2.07. The quantitative estimate of drug-likeness (QED) is 0.688. The average molecular weight is 317 g/mol. The molecule has 0 spiro atoms. The molecule has 0 unspecified atom stereocenters. The predicted molar refractivity (Wildman–Crippen MR) is 87.8 cm³/mol. The van der Waals surface area contributed by atoms with Crippen molar-refractivity contribution in [1.29, 1.82) is 0 Å². The Morgan fingerprint density at radius 2 is 1.83 bits per heavy atom. The molecule has 1 rings (SSSR count). The lowest BCUT2D eigenvalue weighted by Crippen LogP contribution is -2.43. The molecule has 0 saturated carbocycles. The number of ether oxygens (including phenoxy) is 2. The van der Waals surface area contributed by atoms with E-state index in [2.05, 4.69) is 21.9 Å². The second kappa shape index (κ2) is 8.23. The third-order valence-electron chi connectivity index (χ3n) is 2.77. The molecule has 0 saturated heterocycles. The Balaban J connectivity index is 2.71. The van der Waals surface area contributed by atoms with E-state index >= 15 is 0 Å². The van der Waals surface area contributed by atoms with Crippen LogP contribution in [0, 0.1) is 18.8 Å². The number of nitrogens with one attached hydrogen (secondary N) is 1. The second-order valence-electron chi connectivity index (χ2n) is 6.09. The zero-order chi connectivity index (χ0) is 17.5. The molecule has 0 heterocycles.